The molecule has 0 radical (unpaired) electrons. The van der Waals surface area contributed by atoms with Gasteiger partial charge in [0.05, 0.1) is 11.8 Å². The first-order valence-corrected chi connectivity index (χ1v) is 6.80. The van der Waals surface area contributed by atoms with Gasteiger partial charge in [-0.25, -0.2) is 0 Å². The van der Waals surface area contributed by atoms with Crippen molar-refractivity contribution in [3.05, 3.63) is 17.5 Å². The summed E-state index contributed by atoms with van der Waals surface area (Å²) in [7, 11) is 0. The predicted octanol–water partition coefficient (Wildman–Crippen LogP) is 1.70. The Hall–Kier alpha value is -1.36. The standard InChI is InChI=1S/C14H26N4O/c1-10-12(9-16-18(10)8-6-7-15)13(19)17-11(2)14(3,4)5/h9,11H,6-8,15H2,1-5H3,(H,17,19). The average Bonchev–Trinajstić information content (AvgIpc) is 2.66. The number of nitrogens with one attached hydrogen (secondary N) is 1. The Labute approximate surface area is 115 Å². The Morgan fingerprint density at radius 1 is 1.53 bits per heavy atom. The van der Waals surface area contributed by atoms with E-state index >= 15 is 0 Å². The third-order valence-electron chi connectivity index (χ3n) is 3.57. The number of hydrogen-bond donors (Lipinski definition) is 2. The van der Waals surface area contributed by atoms with E-state index in [0.29, 0.717) is 12.1 Å². The molecule has 3 N–H and O–H groups in total. The number of aromatic nitrogens is 2. The number of carbonyl (C=O) groups is 1. The van der Waals surface area contributed by atoms with Gasteiger partial charge >= 0.3 is 0 Å². The van der Waals surface area contributed by atoms with Crippen LogP contribution in [0, 0.1) is 12.3 Å². The molecule has 0 saturated heterocycles. The van der Waals surface area contributed by atoms with Gasteiger partial charge in [-0.3, -0.25) is 9.48 Å². The van der Waals surface area contributed by atoms with E-state index in [1.807, 2.05) is 18.5 Å². The third kappa shape index (κ3) is 4.06. The molecule has 1 heterocycles. The van der Waals surface area contributed by atoms with Crippen molar-refractivity contribution in [2.24, 2.45) is 11.1 Å². The monoisotopic (exact) mass is 266 g/mol. The summed E-state index contributed by atoms with van der Waals surface area (Å²) in [5.41, 5.74) is 7.07. The van der Waals surface area contributed by atoms with Gasteiger partial charge in [-0.05, 0) is 32.2 Å². The van der Waals surface area contributed by atoms with Gasteiger partial charge in [0.2, 0.25) is 0 Å². The van der Waals surface area contributed by atoms with Gasteiger partial charge in [0, 0.05) is 18.3 Å². The zero-order valence-electron chi connectivity index (χ0n) is 12.7. The van der Waals surface area contributed by atoms with E-state index in [0.717, 1.165) is 18.7 Å². The summed E-state index contributed by atoms with van der Waals surface area (Å²) in [6, 6.07) is 0.104. The molecule has 1 rings (SSSR count). The first-order chi connectivity index (χ1) is 8.77. The van der Waals surface area contributed by atoms with E-state index in [9.17, 15) is 4.79 Å². The van der Waals surface area contributed by atoms with Crippen molar-refractivity contribution < 1.29 is 4.79 Å². The Bertz CT molecular complexity index is 431. The van der Waals surface area contributed by atoms with Gasteiger partial charge < -0.3 is 11.1 Å². The second-order valence-electron chi connectivity index (χ2n) is 6.07. The van der Waals surface area contributed by atoms with Gasteiger partial charge in [0.15, 0.2) is 0 Å². The maximum Gasteiger partial charge on any atom is 0.254 e. The lowest BCUT2D eigenvalue weighted by Gasteiger charge is -2.28. The fourth-order valence-corrected chi connectivity index (χ4v) is 1.63. The maximum atomic E-state index is 12.2. The first-order valence-electron chi connectivity index (χ1n) is 6.80. The highest BCUT2D eigenvalue weighted by atomic mass is 16.1. The van der Waals surface area contributed by atoms with E-state index in [4.69, 9.17) is 5.73 Å². The van der Waals surface area contributed by atoms with Crippen molar-refractivity contribution in [2.75, 3.05) is 6.54 Å². The lowest BCUT2D eigenvalue weighted by Crippen LogP contribution is -2.41. The molecule has 0 aliphatic carbocycles. The Balaban J connectivity index is 2.75. The summed E-state index contributed by atoms with van der Waals surface area (Å²) in [4.78, 5) is 12.2. The molecule has 0 aliphatic rings. The summed E-state index contributed by atoms with van der Waals surface area (Å²) in [5.74, 6) is -0.0566. The molecule has 1 atom stereocenters. The molecule has 0 aromatic carbocycles. The van der Waals surface area contributed by atoms with Crippen LogP contribution in [0.25, 0.3) is 0 Å². The fraction of sp³-hybridized carbons (Fsp3) is 0.714. The van der Waals surface area contributed by atoms with Gasteiger partial charge in [0.1, 0.15) is 0 Å². The fourth-order valence-electron chi connectivity index (χ4n) is 1.63. The Morgan fingerprint density at radius 3 is 2.68 bits per heavy atom. The molecule has 0 saturated carbocycles. The molecule has 0 fully saturated rings. The van der Waals surface area contributed by atoms with Crippen molar-refractivity contribution in [3.8, 4) is 0 Å². The molecular weight excluding hydrogens is 240 g/mol. The normalized spacial score (nSPS) is 13.4. The van der Waals surface area contributed by atoms with Gasteiger partial charge in [-0.2, -0.15) is 5.10 Å². The zero-order chi connectivity index (χ0) is 14.6. The molecule has 108 valence electrons. The zero-order valence-corrected chi connectivity index (χ0v) is 12.7. The molecule has 0 spiro atoms. The molecule has 1 unspecified atom stereocenters. The van der Waals surface area contributed by atoms with Crippen LogP contribution in [0.15, 0.2) is 6.20 Å². The topological polar surface area (TPSA) is 72.9 Å². The highest BCUT2D eigenvalue weighted by Crippen LogP contribution is 2.19. The van der Waals surface area contributed by atoms with Gasteiger partial charge in [0.25, 0.3) is 5.91 Å². The summed E-state index contributed by atoms with van der Waals surface area (Å²) in [5, 5.41) is 7.27. The minimum atomic E-state index is -0.0566. The van der Waals surface area contributed by atoms with E-state index in [-0.39, 0.29) is 17.4 Å². The summed E-state index contributed by atoms with van der Waals surface area (Å²) >= 11 is 0. The molecule has 1 aromatic heterocycles. The lowest BCUT2D eigenvalue weighted by atomic mass is 9.88. The molecule has 1 amide bonds. The SMILES string of the molecule is Cc1c(C(=O)NC(C)C(C)(C)C)cnn1CCCN. The summed E-state index contributed by atoms with van der Waals surface area (Å²) < 4.78 is 1.84. The number of aryl methyl sites for hydroxylation is 1. The van der Waals surface area contributed by atoms with Crippen LogP contribution < -0.4 is 11.1 Å². The van der Waals surface area contributed by atoms with Crippen molar-refractivity contribution in [1.82, 2.24) is 15.1 Å². The van der Waals surface area contributed by atoms with Crippen molar-refractivity contribution in [3.63, 3.8) is 0 Å². The van der Waals surface area contributed by atoms with Gasteiger partial charge in [-0.15, -0.1) is 0 Å². The quantitative estimate of drug-likeness (QED) is 0.852. The largest absolute Gasteiger partial charge is 0.349 e. The molecule has 1 aromatic rings. The van der Waals surface area contributed by atoms with Crippen molar-refractivity contribution >= 4 is 5.91 Å². The Kier molecular flexibility index (Phi) is 5.11. The van der Waals surface area contributed by atoms with Crippen LogP contribution >= 0.6 is 0 Å². The first kappa shape index (κ1) is 15.7. The van der Waals surface area contributed by atoms with E-state index in [2.05, 4.69) is 31.2 Å². The van der Waals surface area contributed by atoms with E-state index < -0.39 is 0 Å². The molecular formula is C14H26N4O. The van der Waals surface area contributed by atoms with Crippen molar-refractivity contribution in [2.45, 2.75) is 53.6 Å². The molecule has 0 aliphatic heterocycles. The maximum absolute atomic E-state index is 12.2. The minimum absolute atomic E-state index is 0.0408. The second-order valence-corrected chi connectivity index (χ2v) is 6.07. The summed E-state index contributed by atoms with van der Waals surface area (Å²) in [6.07, 6.45) is 2.50. The van der Waals surface area contributed by atoms with Crippen LogP contribution in [-0.2, 0) is 6.54 Å². The van der Waals surface area contributed by atoms with Crippen LogP contribution in [0.2, 0.25) is 0 Å². The highest BCUT2D eigenvalue weighted by molar-refractivity contribution is 5.95. The lowest BCUT2D eigenvalue weighted by molar-refractivity contribution is 0.0909. The molecule has 5 heteroatoms. The molecule has 5 nitrogen and oxygen atoms in total. The third-order valence-corrected chi connectivity index (χ3v) is 3.57. The van der Waals surface area contributed by atoms with Crippen LogP contribution in [0.5, 0.6) is 0 Å². The average molecular weight is 266 g/mol. The van der Waals surface area contributed by atoms with Crippen LogP contribution in [0.3, 0.4) is 0 Å². The number of hydrogen-bond acceptors (Lipinski definition) is 3. The summed E-state index contributed by atoms with van der Waals surface area (Å²) in [6.45, 7) is 11.6. The minimum Gasteiger partial charge on any atom is -0.349 e. The highest BCUT2D eigenvalue weighted by Gasteiger charge is 2.23. The second kappa shape index (κ2) is 6.19. The van der Waals surface area contributed by atoms with Crippen molar-refractivity contribution in [1.29, 1.82) is 0 Å². The van der Waals surface area contributed by atoms with Crippen LogP contribution in [0.1, 0.15) is 50.2 Å². The predicted molar refractivity (Wildman–Crippen MR) is 77.0 cm³/mol. The van der Waals surface area contributed by atoms with E-state index in [1.165, 1.54) is 0 Å². The van der Waals surface area contributed by atoms with Crippen LogP contribution in [-0.4, -0.2) is 28.3 Å². The Morgan fingerprint density at radius 2 is 2.16 bits per heavy atom. The molecule has 19 heavy (non-hydrogen) atoms. The number of carbonyl (C=O) groups excluding carboxylic acids is 1. The number of rotatable bonds is 5. The number of amides is 1. The number of nitrogens with zero attached hydrogens (tertiary/aromatic N) is 2. The van der Waals surface area contributed by atoms with E-state index in [1.54, 1.807) is 6.20 Å². The number of nitrogens with two attached hydrogens (primary N) is 1. The van der Waals surface area contributed by atoms with Crippen LogP contribution in [0.4, 0.5) is 0 Å². The smallest absolute Gasteiger partial charge is 0.254 e. The molecule has 0 bridgehead atoms. The van der Waals surface area contributed by atoms with Gasteiger partial charge in [-0.1, -0.05) is 20.8 Å².